The molecule has 0 unspecified atom stereocenters. The zero-order valence-corrected chi connectivity index (χ0v) is 19.5. The van der Waals surface area contributed by atoms with Gasteiger partial charge < -0.3 is 10.6 Å². The molecule has 2 aliphatic heterocycles. The van der Waals surface area contributed by atoms with Crippen LogP contribution in [0.1, 0.15) is 36.8 Å². The minimum Gasteiger partial charge on any atom is -0.308 e. The van der Waals surface area contributed by atoms with Crippen molar-refractivity contribution in [2.75, 3.05) is 6.67 Å². The molecule has 3 aromatic carbocycles. The average molecular weight is 467 g/mol. The van der Waals surface area contributed by atoms with Crippen LogP contribution in [0.3, 0.4) is 0 Å². The van der Waals surface area contributed by atoms with Gasteiger partial charge in [0.2, 0.25) is 0 Å². The van der Waals surface area contributed by atoms with Crippen molar-refractivity contribution < 1.29 is 12.8 Å². The summed E-state index contributed by atoms with van der Waals surface area (Å²) in [5, 5.41) is 9.05. The Labute approximate surface area is 195 Å². The van der Waals surface area contributed by atoms with Gasteiger partial charge in [0.05, 0.1) is 16.8 Å². The first-order chi connectivity index (χ1) is 16.1. The van der Waals surface area contributed by atoms with Gasteiger partial charge in [0.25, 0.3) is 0 Å². The summed E-state index contributed by atoms with van der Waals surface area (Å²) in [6.07, 6.45) is 3.99. The zero-order valence-electron chi connectivity index (χ0n) is 18.7. The van der Waals surface area contributed by atoms with Crippen molar-refractivity contribution in [1.82, 2.24) is 10.6 Å². The first-order valence-electron chi connectivity index (χ1n) is 11.9. The number of nitrogens with one attached hydrogen (secondary N) is 2. The molecule has 3 aromatic rings. The number of unbranched alkanes of at least 4 members (excludes halogenated alkanes) is 1. The fourth-order valence-corrected chi connectivity index (χ4v) is 7.65. The van der Waals surface area contributed by atoms with Crippen molar-refractivity contribution in [2.24, 2.45) is 0 Å². The Balaban J connectivity index is 1.32. The van der Waals surface area contributed by atoms with E-state index >= 15 is 0 Å². The first kappa shape index (κ1) is 22.5. The van der Waals surface area contributed by atoms with Crippen LogP contribution in [-0.4, -0.2) is 38.5 Å². The number of aryl methyl sites for hydroxylation is 1. The molecule has 0 amide bonds. The van der Waals surface area contributed by atoms with Crippen molar-refractivity contribution >= 4 is 20.6 Å². The summed E-state index contributed by atoms with van der Waals surface area (Å²) < 4.78 is 39.7. The van der Waals surface area contributed by atoms with E-state index in [4.69, 9.17) is 0 Å². The second kappa shape index (κ2) is 9.53. The van der Waals surface area contributed by atoms with Gasteiger partial charge in [0.15, 0.2) is 9.84 Å². The van der Waals surface area contributed by atoms with Crippen LogP contribution in [0.25, 0.3) is 10.8 Å². The smallest absolute Gasteiger partial charge is 0.184 e. The first-order valence-corrected chi connectivity index (χ1v) is 13.5. The predicted molar refractivity (Wildman–Crippen MR) is 131 cm³/mol. The van der Waals surface area contributed by atoms with Crippen LogP contribution in [0, 0.1) is 0 Å². The molecule has 2 fully saturated rings. The molecule has 6 heteroatoms. The molecule has 2 saturated heterocycles. The zero-order chi connectivity index (χ0) is 22.8. The molecule has 0 spiro atoms. The highest BCUT2D eigenvalue weighted by Gasteiger charge is 2.53. The number of halogens is 1. The van der Waals surface area contributed by atoms with E-state index in [9.17, 15) is 12.8 Å². The standard InChI is InChI=1S/C27H31FN2O2S/c28-16-4-3-5-19-9-12-23(13-10-19)33(31,32)27-25-15-14-24(30-25)26(27)29-18-20-8-11-21-6-1-2-7-22(21)17-20/h1-2,6-13,17,24-27,29-30H,3-5,14-16,18H2/t24-,25+,26-,27-/m0/s1. The van der Waals surface area contributed by atoms with Gasteiger partial charge in [-0.15, -0.1) is 0 Å². The van der Waals surface area contributed by atoms with E-state index in [1.807, 2.05) is 24.3 Å². The number of hydrogen-bond donors (Lipinski definition) is 2. The van der Waals surface area contributed by atoms with Crippen LogP contribution in [0.15, 0.2) is 71.6 Å². The van der Waals surface area contributed by atoms with E-state index in [0.29, 0.717) is 17.9 Å². The molecule has 5 rings (SSSR count). The minimum absolute atomic E-state index is 0.0154. The molecule has 33 heavy (non-hydrogen) atoms. The number of sulfone groups is 1. The lowest BCUT2D eigenvalue weighted by Crippen LogP contribution is -2.50. The third kappa shape index (κ3) is 4.57. The molecule has 0 saturated carbocycles. The molecular formula is C27H31FN2O2S. The van der Waals surface area contributed by atoms with Gasteiger partial charge in [0, 0.05) is 24.7 Å². The van der Waals surface area contributed by atoms with Gasteiger partial charge in [-0.1, -0.05) is 48.5 Å². The molecule has 2 heterocycles. The van der Waals surface area contributed by atoms with Crippen molar-refractivity contribution in [3.63, 3.8) is 0 Å². The molecule has 2 bridgehead atoms. The summed E-state index contributed by atoms with van der Waals surface area (Å²) in [6, 6.07) is 21.9. The van der Waals surface area contributed by atoms with E-state index in [2.05, 4.69) is 41.0 Å². The lowest BCUT2D eigenvalue weighted by Gasteiger charge is -2.30. The van der Waals surface area contributed by atoms with Gasteiger partial charge in [0.1, 0.15) is 0 Å². The van der Waals surface area contributed by atoms with E-state index in [-0.39, 0.29) is 24.8 Å². The summed E-state index contributed by atoms with van der Waals surface area (Å²) in [5.74, 6) is 0. The SMILES string of the molecule is O=S(=O)(c1ccc(CCCCF)cc1)[C@@H]1[C@@H](NCc2ccc3ccccc3c2)[C@@H]2CC[C@H]1N2. The fourth-order valence-electron chi connectivity index (χ4n) is 5.50. The van der Waals surface area contributed by atoms with Crippen molar-refractivity contribution in [1.29, 1.82) is 0 Å². The van der Waals surface area contributed by atoms with Crippen LogP contribution in [0.5, 0.6) is 0 Å². The van der Waals surface area contributed by atoms with Crippen LogP contribution in [-0.2, 0) is 22.8 Å². The number of hydrogen-bond acceptors (Lipinski definition) is 4. The monoisotopic (exact) mass is 466 g/mol. The van der Waals surface area contributed by atoms with Gasteiger partial charge in [-0.05, 0) is 72.2 Å². The van der Waals surface area contributed by atoms with Gasteiger partial charge in [-0.25, -0.2) is 8.42 Å². The van der Waals surface area contributed by atoms with E-state index in [1.54, 1.807) is 12.1 Å². The fraction of sp³-hybridized carbons (Fsp3) is 0.407. The van der Waals surface area contributed by atoms with Crippen LogP contribution >= 0.6 is 0 Å². The summed E-state index contributed by atoms with van der Waals surface area (Å²) >= 11 is 0. The van der Waals surface area contributed by atoms with E-state index in [1.165, 1.54) is 10.8 Å². The maximum Gasteiger partial charge on any atom is 0.184 e. The van der Waals surface area contributed by atoms with Crippen LogP contribution in [0.2, 0.25) is 0 Å². The van der Waals surface area contributed by atoms with Crippen molar-refractivity contribution in [3.8, 4) is 0 Å². The molecule has 4 atom stereocenters. The normalized spacial score (nSPS) is 24.5. The Bertz CT molecular complexity index is 1210. The molecule has 2 N–H and O–H groups in total. The average Bonchev–Trinajstić information content (AvgIpc) is 3.45. The molecular weight excluding hydrogens is 435 g/mol. The third-order valence-electron chi connectivity index (χ3n) is 7.22. The maximum absolute atomic E-state index is 13.7. The highest BCUT2D eigenvalue weighted by molar-refractivity contribution is 7.92. The second-order valence-electron chi connectivity index (χ2n) is 9.34. The lowest BCUT2D eigenvalue weighted by molar-refractivity contribution is 0.409. The third-order valence-corrected chi connectivity index (χ3v) is 9.48. The highest BCUT2D eigenvalue weighted by atomic mass is 32.2. The van der Waals surface area contributed by atoms with Crippen LogP contribution < -0.4 is 10.6 Å². The summed E-state index contributed by atoms with van der Waals surface area (Å²) in [7, 11) is -3.48. The lowest BCUT2D eigenvalue weighted by atomic mass is 9.94. The Morgan fingerprint density at radius 2 is 1.61 bits per heavy atom. The van der Waals surface area contributed by atoms with Crippen molar-refractivity contribution in [2.45, 2.75) is 66.9 Å². The summed E-state index contributed by atoms with van der Waals surface area (Å²) in [5.41, 5.74) is 2.21. The largest absolute Gasteiger partial charge is 0.308 e. The van der Waals surface area contributed by atoms with Gasteiger partial charge in [-0.2, -0.15) is 0 Å². The number of fused-ring (bicyclic) bond motifs is 3. The maximum atomic E-state index is 13.7. The quantitative estimate of drug-likeness (QED) is 0.454. The number of rotatable bonds is 9. The Hall–Kier alpha value is -2.28. The van der Waals surface area contributed by atoms with Crippen LogP contribution in [0.4, 0.5) is 4.39 Å². The summed E-state index contributed by atoms with van der Waals surface area (Å²) in [6.45, 7) is 0.331. The second-order valence-corrected chi connectivity index (χ2v) is 11.5. The molecule has 0 radical (unpaired) electrons. The number of benzene rings is 3. The highest BCUT2D eigenvalue weighted by Crippen LogP contribution is 2.36. The Morgan fingerprint density at radius 1 is 0.879 bits per heavy atom. The molecule has 2 aliphatic rings. The molecule has 0 aromatic heterocycles. The van der Waals surface area contributed by atoms with E-state index in [0.717, 1.165) is 36.8 Å². The van der Waals surface area contributed by atoms with Gasteiger partial charge in [-0.3, -0.25) is 4.39 Å². The predicted octanol–water partition coefficient (Wildman–Crippen LogP) is 4.57. The number of alkyl halides is 1. The minimum atomic E-state index is -3.48. The topological polar surface area (TPSA) is 58.2 Å². The van der Waals surface area contributed by atoms with Gasteiger partial charge >= 0.3 is 0 Å². The Kier molecular flexibility index (Phi) is 6.50. The Morgan fingerprint density at radius 3 is 2.39 bits per heavy atom. The molecule has 4 nitrogen and oxygen atoms in total. The summed E-state index contributed by atoms with van der Waals surface area (Å²) in [4.78, 5) is 0.383. The van der Waals surface area contributed by atoms with E-state index < -0.39 is 15.1 Å². The molecule has 0 aliphatic carbocycles. The molecule has 174 valence electrons. The van der Waals surface area contributed by atoms with Crippen molar-refractivity contribution in [3.05, 3.63) is 77.9 Å².